The first-order valence-electron chi connectivity index (χ1n) is 12.4. The van der Waals surface area contributed by atoms with Gasteiger partial charge in [-0.2, -0.15) is 0 Å². The minimum atomic E-state index is 0.286. The molecule has 174 valence electrons. The van der Waals surface area contributed by atoms with Crippen LogP contribution in [-0.2, 0) is 48.0 Å². The van der Waals surface area contributed by atoms with Gasteiger partial charge in [-0.1, -0.05) is 52.0 Å². The summed E-state index contributed by atoms with van der Waals surface area (Å²) in [5, 5.41) is 0. The highest BCUT2D eigenvalue weighted by molar-refractivity contribution is 5.47. The molecule has 2 heterocycles. The summed E-state index contributed by atoms with van der Waals surface area (Å²) in [4.78, 5) is 0. The molecule has 4 heteroatoms. The van der Waals surface area contributed by atoms with E-state index in [1.165, 1.54) is 33.4 Å². The molecular formula is C28H38O4. The number of hydrogen-bond acceptors (Lipinski definition) is 4. The summed E-state index contributed by atoms with van der Waals surface area (Å²) in [6, 6.07) is 9.38. The SMILES string of the molecule is CCc1cc(CCc2cc(CC)c(OCC3CO3)c(CC)c2)cc(CC)c1OCC1CO1. The van der Waals surface area contributed by atoms with E-state index in [0.717, 1.165) is 63.2 Å². The summed E-state index contributed by atoms with van der Waals surface area (Å²) in [6.07, 6.45) is 6.58. The zero-order valence-corrected chi connectivity index (χ0v) is 20.2. The Hall–Kier alpha value is -2.04. The normalized spacial score (nSPS) is 19.1. The average molecular weight is 439 g/mol. The van der Waals surface area contributed by atoms with Gasteiger partial charge in [0.1, 0.15) is 36.9 Å². The van der Waals surface area contributed by atoms with E-state index in [1.807, 2.05) is 0 Å². The first-order valence-corrected chi connectivity index (χ1v) is 12.4. The minimum Gasteiger partial charge on any atom is -0.490 e. The van der Waals surface area contributed by atoms with Crippen LogP contribution in [0.15, 0.2) is 24.3 Å². The molecule has 0 radical (unpaired) electrons. The molecule has 2 aromatic carbocycles. The first-order chi connectivity index (χ1) is 15.6. The lowest BCUT2D eigenvalue weighted by atomic mass is 9.94. The second kappa shape index (κ2) is 10.7. The Kier molecular flexibility index (Phi) is 7.75. The van der Waals surface area contributed by atoms with Crippen molar-refractivity contribution < 1.29 is 18.9 Å². The van der Waals surface area contributed by atoms with Gasteiger partial charge in [0, 0.05) is 0 Å². The van der Waals surface area contributed by atoms with Crippen molar-refractivity contribution in [3.8, 4) is 11.5 Å². The van der Waals surface area contributed by atoms with Crippen LogP contribution in [0.4, 0.5) is 0 Å². The van der Waals surface area contributed by atoms with Crippen LogP contribution >= 0.6 is 0 Å². The van der Waals surface area contributed by atoms with E-state index in [1.54, 1.807) is 0 Å². The third-order valence-corrected chi connectivity index (χ3v) is 6.46. The van der Waals surface area contributed by atoms with Gasteiger partial charge < -0.3 is 18.9 Å². The van der Waals surface area contributed by atoms with Crippen molar-refractivity contribution in [2.45, 2.75) is 78.4 Å². The molecule has 0 amide bonds. The molecule has 2 saturated heterocycles. The van der Waals surface area contributed by atoms with Crippen LogP contribution in [0.1, 0.15) is 61.1 Å². The number of ether oxygens (including phenoxy) is 4. The quantitative estimate of drug-likeness (QED) is 0.399. The molecule has 0 saturated carbocycles. The molecule has 2 atom stereocenters. The maximum atomic E-state index is 6.16. The molecule has 0 aromatic heterocycles. The largest absolute Gasteiger partial charge is 0.490 e. The highest BCUT2D eigenvalue weighted by Crippen LogP contribution is 2.31. The Bertz CT molecular complexity index is 786. The van der Waals surface area contributed by atoms with E-state index in [-0.39, 0.29) is 12.2 Å². The van der Waals surface area contributed by atoms with Gasteiger partial charge in [0.05, 0.1) is 13.2 Å². The fraction of sp³-hybridized carbons (Fsp3) is 0.571. The third-order valence-electron chi connectivity index (χ3n) is 6.46. The van der Waals surface area contributed by atoms with Crippen molar-refractivity contribution in [2.75, 3.05) is 26.4 Å². The number of hydrogen-bond donors (Lipinski definition) is 0. The fourth-order valence-electron chi connectivity index (χ4n) is 4.33. The molecule has 2 aliphatic heterocycles. The van der Waals surface area contributed by atoms with Crippen molar-refractivity contribution >= 4 is 0 Å². The van der Waals surface area contributed by atoms with Gasteiger partial charge in [-0.15, -0.1) is 0 Å². The van der Waals surface area contributed by atoms with Crippen LogP contribution in [0.5, 0.6) is 11.5 Å². The summed E-state index contributed by atoms with van der Waals surface area (Å²) in [7, 11) is 0. The zero-order chi connectivity index (χ0) is 22.5. The second-order valence-corrected chi connectivity index (χ2v) is 8.93. The van der Waals surface area contributed by atoms with E-state index in [9.17, 15) is 0 Å². The highest BCUT2D eigenvalue weighted by Gasteiger charge is 2.25. The number of benzene rings is 2. The molecular weight excluding hydrogens is 400 g/mol. The summed E-state index contributed by atoms with van der Waals surface area (Å²) in [6.45, 7) is 11.9. The van der Waals surface area contributed by atoms with Gasteiger partial charge in [0.15, 0.2) is 0 Å². The summed E-state index contributed by atoms with van der Waals surface area (Å²) < 4.78 is 23.0. The van der Waals surface area contributed by atoms with Crippen LogP contribution in [-0.4, -0.2) is 38.6 Å². The van der Waals surface area contributed by atoms with Crippen molar-refractivity contribution in [1.82, 2.24) is 0 Å². The lowest BCUT2D eigenvalue weighted by molar-refractivity contribution is 0.259. The van der Waals surface area contributed by atoms with E-state index < -0.39 is 0 Å². The van der Waals surface area contributed by atoms with Crippen molar-refractivity contribution in [1.29, 1.82) is 0 Å². The zero-order valence-electron chi connectivity index (χ0n) is 20.2. The van der Waals surface area contributed by atoms with Crippen molar-refractivity contribution in [3.63, 3.8) is 0 Å². The van der Waals surface area contributed by atoms with Gasteiger partial charge >= 0.3 is 0 Å². The molecule has 2 aromatic rings. The monoisotopic (exact) mass is 438 g/mol. The molecule has 2 unspecified atom stereocenters. The van der Waals surface area contributed by atoms with Crippen molar-refractivity contribution in [3.05, 3.63) is 57.6 Å². The Morgan fingerprint density at radius 1 is 0.625 bits per heavy atom. The third kappa shape index (κ3) is 5.85. The lowest BCUT2D eigenvalue weighted by Crippen LogP contribution is -2.09. The Labute approximate surface area is 193 Å². The Balaban J connectivity index is 1.49. The average Bonchev–Trinajstić information content (AvgIpc) is 3.74. The van der Waals surface area contributed by atoms with E-state index in [2.05, 4.69) is 52.0 Å². The van der Waals surface area contributed by atoms with E-state index in [4.69, 9.17) is 18.9 Å². The lowest BCUT2D eigenvalue weighted by Gasteiger charge is -2.18. The number of rotatable bonds is 13. The summed E-state index contributed by atoms with van der Waals surface area (Å²) >= 11 is 0. The standard InChI is InChI=1S/C28H38O4/c1-5-21-11-19(12-22(6-2)27(21)31-17-25-15-29-25)9-10-20-13-23(7-3)28(24(8-4)14-20)32-18-26-16-30-26/h11-14,25-26H,5-10,15-18H2,1-4H3. The van der Waals surface area contributed by atoms with Gasteiger partial charge in [0.2, 0.25) is 0 Å². The Morgan fingerprint density at radius 3 is 1.19 bits per heavy atom. The van der Waals surface area contributed by atoms with Crippen LogP contribution in [0.25, 0.3) is 0 Å². The van der Waals surface area contributed by atoms with Gasteiger partial charge in [-0.05, 0) is 71.9 Å². The first kappa shape index (κ1) is 23.1. The smallest absolute Gasteiger partial charge is 0.125 e. The second-order valence-electron chi connectivity index (χ2n) is 8.93. The predicted molar refractivity (Wildman–Crippen MR) is 128 cm³/mol. The Morgan fingerprint density at radius 2 is 0.938 bits per heavy atom. The van der Waals surface area contributed by atoms with Gasteiger partial charge in [-0.25, -0.2) is 0 Å². The van der Waals surface area contributed by atoms with Crippen LogP contribution in [0.3, 0.4) is 0 Å². The van der Waals surface area contributed by atoms with Crippen LogP contribution < -0.4 is 9.47 Å². The molecule has 4 nitrogen and oxygen atoms in total. The van der Waals surface area contributed by atoms with Crippen molar-refractivity contribution in [2.24, 2.45) is 0 Å². The molecule has 0 aliphatic carbocycles. The number of aryl methyl sites for hydroxylation is 6. The molecule has 32 heavy (non-hydrogen) atoms. The number of epoxide rings is 2. The van der Waals surface area contributed by atoms with Gasteiger partial charge in [0.25, 0.3) is 0 Å². The minimum absolute atomic E-state index is 0.286. The van der Waals surface area contributed by atoms with Crippen LogP contribution in [0.2, 0.25) is 0 Å². The maximum Gasteiger partial charge on any atom is 0.125 e. The molecule has 0 N–H and O–H groups in total. The molecule has 2 aliphatic rings. The van der Waals surface area contributed by atoms with Crippen LogP contribution in [0, 0.1) is 0 Å². The summed E-state index contributed by atoms with van der Waals surface area (Å²) in [5.41, 5.74) is 8.06. The summed E-state index contributed by atoms with van der Waals surface area (Å²) in [5.74, 6) is 2.16. The molecule has 0 spiro atoms. The predicted octanol–water partition coefficient (Wildman–Crippen LogP) is 5.28. The fourth-order valence-corrected chi connectivity index (χ4v) is 4.33. The molecule has 4 rings (SSSR count). The van der Waals surface area contributed by atoms with E-state index >= 15 is 0 Å². The topological polar surface area (TPSA) is 43.5 Å². The van der Waals surface area contributed by atoms with Gasteiger partial charge in [-0.3, -0.25) is 0 Å². The highest BCUT2D eigenvalue weighted by atomic mass is 16.6. The maximum absolute atomic E-state index is 6.16. The van der Waals surface area contributed by atoms with E-state index in [0.29, 0.717) is 13.2 Å². The molecule has 2 fully saturated rings. The molecule has 0 bridgehead atoms.